The molecule has 0 radical (unpaired) electrons. The third kappa shape index (κ3) is 4.25. The number of ether oxygens (including phenoxy) is 3. The molecule has 2 heterocycles. The summed E-state index contributed by atoms with van der Waals surface area (Å²) in [7, 11) is 0. The van der Waals surface area contributed by atoms with Crippen LogP contribution >= 0.6 is 0 Å². The van der Waals surface area contributed by atoms with Crippen LogP contribution < -0.4 is 19.5 Å². The van der Waals surface area contributed by atoms with Gasteiger partial charge in [0.1, 0.15) is 23.9 Å². The Balaban J connectivity index is 1.37. The van der Waals surface area contributed by atoms with Crippen LogP contribution in [0.15, 0.2) is 59.0 Å². The molecule has 4 rings (SSSR count). The predicted molar refractivity (Wildman–Crippen MR) is 99.4 cm³/mol. The van der Waals surface area contributed by atoms with Gasteiger partial charge in [-0.15, -0.1) is 0 Å². The minimum Gasteiger partial charge on any atom is -0.490 e. The van der Waals surface area contributed by atoms with E-state index in [9.17, 15) is 9.18 Å². The summed E-state index contributed by atoms with van der Waals surface area (Å²) in [5, 5.41) is 2.77. The van der Waals surface area contributed by atoms with E-state index in [4.69, 9.17) is 18.6 Å². The normalized spacial score (nSPS) is 12.9. The van der Waals surface area contributed by atoms with Gasteiger partial charge in [0.25, 0.3) is 5.91 Å². The number of furan rings is 1. The Hall–Kier alpha value is -3.48. The standard InChI is InChI=1S/C21H18FNO5/c22-14-2-5-16(6-3-14)27-13-17-7-9-19(28-17)21(24)23-15-4-8-18-20(12-15)26-11-1-10-25-18/h2-9,12H,1,10-11,13H2,(H,23,24). The molecule has 0 saturated heterocycles. The number of anilines is 1. The highest BCUT2D eigenvalue weighted by atomic mass is 19.1. The Morgan fingerprint density at radius 3 is 2.61 bits per heavy atom. The molecule has 1 N–H and O–H groups in total. The topological polar surface area (TPSA) is 69.9 Å². The van der Waals surface area contributed by atoms with Crippen molar-refractivity contribution in [2.45, 2.75) is 13.0 Å². The molecule has 144 valence electrons. The largest absolute Gasteiger partial charge is 0.490 e. The first-order valence-corrected chi connectivity index (χ1v) is 8.85. The number of hydrogen-bond acceptors (Lipinski definition) is 5. The fraction of sp³-hybridized carbons (Fsp3) is 0.190. The average Bonchev–Trinajstić information content (AvgIpc) is 3.06. The van der Waals surface area contributed by atoms with Crippen molar-refractivity contribution >= 4 is 11.6 Å². The Labute approximate surface area is 160 Å². The maximum atomic E-state index is 12.9. The zero-order valence-electron chi connectivity index (χ0n) is 14.9. The van der Waals surface area contributed by atoms with E-state index in [2.05, 4.69) is 5.32 Å². The van der Waals surface area contributed by atoms with Gasteiger partial charge in [-0.25, -0.2) is 4.39 Å². The quantitative estimate of drug-likeness (QED) is 0.707. The van der Waals surface area contributed by atoms with Gasteiger partial charge >= 0.3 is 0 Å². The van der Waals surface area contributed by atoms with Gasteiger partial charge in [0.2, 0.25) is 0 Å². The van der Waals surface area contributed by atoms with Gasteiger partial charge in [-0.05, 0) is 48.5 Å². The fourth-order valence-electron chi connectivity index (χ4n) is 2.70. The van der Waals surface area contributed by atoms with E-state index in [1.807, 2.05) is 0 Å². The monoisotopic (exact) mass is 383 g/mol. The van der Waals surface area contributed by atoms with Gasteiger partial charge < -0.3 is 23.9 Å². The van der Waals surface area contributed by atoms with E-state index < -0.39 is 0 Å². The fourth-order valence-corrected chi connectivity index (χ4v) is 2.70. The van der Waals surface area contributed by atoms with Gasteiger partial charge in [-0.3, -0.25) is 4.79 Å². The molecule has 0 fully saturated rings. The molecule has 3 aromatic rings. The Morgan fingerprint density at radius 1 is 1.00 bits per heavy atom. The zero-order valence-corrected chi connectivity index (χ0v) is 14.9. The minimum absolute atomic E-state index is 0.128. The molecular weight excluding hydrogens is 365 g/mol. The Morgan fingerprint density at radius 2 is 1.79 bits per heavy atom. The summed E-state index contributed by atoms with van der Waals surface area (Å²) < 4.78 is 35.1. The SMILES string of the molecule is O=C(Nc1ccc2c(c1)OCCCO2)c1ccc(COc2ccc(F)cc2)o1. The van der Waals surface area contributed by atoms with Crippen molar-refractivity contribution in [3.63, 3.8) is 0 Å². The van der Waals surface area contributed by atoms with Gasteiger partial charge in [-0.2, -0.15) is 0 Å². The summed E-state index contributed by atoms with van der Waals surface area (Å²) in [6.07, 6.45) is 0.811. The molecule has 0 saturated carbocycles. The molecule has 1 aliphatic rings. The second kappa shape index (κ2) is 8.04. The molecular formula is C21H18FNO5. The predicted octanol–water partition coefficient (Wildman–Crippen LogP) is 4.41. The van der Waals surface area contributed by atoms with Gasteiger partial charge in [-0.1, -0.05) is 0 Å². The zero-order chi connectivity index (χ0) is 19.3. The summed E-state index contributed by atoms with van der Waals surface area (Å²) in [5.41, 5.74) is 0.578. The lowest BCUT2D eigenvalue weighted by Crippen LogP contribution is -2.11. The number of benzene rings is 2. The van der Waals surface area contributed by atoms with Crippen LogP contribution in [0.2, 0.25) is 0 Å². The molecule has 1 amide bonds. The number of carbonyl (C=O) groups is 1. The third-order valence-electron chi connectivity index (χ3n) is 4.09. The van der Waals surface area contributed by atoms with Crippen LogP contribution in [0.4, 0.5) is 10.1 Å². The van der Waals surface area contributed by atoms with E-state index in [1.54, 1.807) is 30.3 Å². The van der Waals surface area contributed by atoms with Crippen molar-refractivity contribution in [2.24, 2.45) is 0 Å². The molecule has 28 heavy (non-hydrogen) atoms. The summed E-state index contributed by atoms with van der Waals surface area (Å²) in [6, 6.07) is 14.1. The van der Waals surface area contributed by atoms with E-state index in [0.717, 1.165) is 6.42 Å². The highest BCUT2D eigenvalue weighted by molar-refractivity contribution is 6.02. The maximum Gasteiger partial charge on any atom is 0.291 e. The van der Waals surface area contributed by atoms with Gasteiger partial charge in [0.15, 0.2) is 17.3 Å². The Kier molecular flexibility index (Phi) is 5.14. The highest BCUT2D eigenvalue weighted by Gasteiger charge is 2.15. The summed E-state index contributed by atoms with van der Waals surface area (Å²) in [4.78, 5) is 12.4. The number of fused-ring (bicyclic) bond motifs is 1. The van der Waals surface area contributed by atoms with Crippen LogP contribution in [0.1, 0.15) is 22.7 Å². The maximum absolute atomic E-state index is 12.9. The van der Waals surface area contributed by atoms with Crippen LogP contribution in [-0.4, -0.2) is 19.1 Å². The van der Waals surface area contributed by atoms with Crippen molar-refractivity contribution < 1.29 is 27.8 Å². The average molecular weight is 383 g/mol. The lowest BCUT2D eigenvalue weighted by atomic mass is 10.2. The number of carbonyl (C=O) groups excluding carboxylic acids is 1. The molecule has 0 unspecified atom stereocenters. The molecule has 6 nitrogen and oxygen atoms in total. The molecule has 2 aromatic carbocycles. The number of rotatable bonds is 5. The van der Waals surface area contributed by atoms with Crippen LogP contribution in [0.25, 0.3) is 0 Å². The van der Waals surface area contributed by atoms with Crippen molar-refractivity contribution in [3.05, 3.63) is 71.9 Å². The first-order chi connectivity index (χ1) is 13.7. The summed E-state index contributed by atoms with van der Waals surface area (Å²) in [6.45, 7) is 1.30. The summed E-state index contributed by atoms with van der Waals surface area (Å²) in [5.74, 6) is 1.69. The first kappa shape index (κ1) is 17.9. The molecule has 0 spiro atoms. The minimum atomic E-state index is -0.387. The lowest BCUT2D eigenvalue weighted by molar-refractivity contribution is 0.0992. The number of halogens is 1. The highest BCUT2D eigenvalue weighted by Crippen LogP contribution is 2.32. The second-order valence-corrected chi connectivity index (χ2v) is 6.17. The smallest absolute Gasteiger partial charge is 0.291 e. The lowest BCUT2D eigenvalue weighted by Gasteiger charge is -2.09. The van der Waals surface area contributed by atoms with Crippen molar-refractivity contribution in [2.75, 3.05) is 18.5 Å². The van der Waals surface area contributed by atoms with Crippen molar-refractivity contribution in [1.29, 1.82) is 0 Å². The van der Waals surface area contributed by atoms with Crippen LogP contribution in [0.5, 0.6) is 17.2 Å². The first-order valence-electron chi connectivity index (χ1n) is 8.85. The van der Waals surface area contributed by atoms with E-state index in [1.165, 1.54) is 24.3 Å². The molecule has 7 heteroatoms. The van der Waals surface area contributed by atoms with Crippen LogP contribution in [0, 0.1) is 5.82 Å². The number of amides is 1. The molecule has 0 aliphatic carbocycles. The van der Waals surface area contributed by atoms with Crippen LogP contribution in [0.3, 0.4) is 0 Å². The van der Waals surface area contributed by atoms with Crippen LogP contribution in [-0.2, 0) is 6.61 Å². The summed E-state index contributed by atoms with van der Waals surface area (Å²) >= 11 is 0. The third-order valence-corrected chi connectivity index (χ3v) is 4.09. The van der Waals surface area contributed by atoms with Gasteiger partial charge in [0.05, 0.1) is 13.2 Å². The van der Waals surface area contributed by atoms with Crippen molar-refractivity contribution in [3.8, 4) is 17.2 Å². The van der Waals surface area contributed by atoms with E-state index in [-0.39, 0.29) is 24.1 Å². The molecule has 0 bridgehead atoms. The second-order valence-electron chi connectivity index (χ2n) is 6.17. The molecule has 0 atom stereocenters. The number of hydrogen-bond donors (Lipinski definition) is 1. The van der Waals surface area contributed by atoms with E-state index in [0.29, 0.717) is 41.9 Å². The Bertz CT molecular complexity index is 967. The van der Waals surface area contributed by atoms with E-state index >= 15 is 0 Å². The van der Waals surface area contributed by atoms with Crippen molar-refractivity contribution in [1.82, 2.24) is 0 Å². The number of nitrogens with one attached hydrogen (secondary N) is 1. The molecule has 1 aromatic heterocycles. The van der Waals surface area contributed by atoms with Gasteiger partial charge in [0, 0.05) is 18.2 Å². The molecule has 1 aliphatic heterocycles.